The number of ether oxygens (including phenoxy) is 4. The third kappa shape index (κ3) is 2.78. The highest BCUT2D eigenvalue weighted by Gasteiger charge is 2.30. The standard InChI is InChI=1S/C24H18O4/c1-3-7-17-15(5-1)9-11-19(27-21-13-25-21)23(17)24-18-8-4-2-6-16(18)10-12-20(24)28-22-14-26-22/h1-12,21-22H,13-14H2. The van der Waals surface area contributed by atoms with Crippen LogP contribution in [0, 0.1) is 0 Å². The maximum absolute atomic E-state index is 6.13. The van der Waals surface area contributed by atoms with Gasteiger partial charge in [-0.05, 0) is 33.7 Å². The summed E-state index contributed by atoms with van der Waals surface area (Å²) < 4.78 is 22.9. The van der Waals surface area contributed by atoms with Crippen LogP contribution in [0.2, 0.25) is 0 Å². The van der Waals surface area contributed by atoms with Gasteiger partial charge < -0.3 is 18.9 Å². The molecule has 4 nitrogen and oxygen atoms in total. The highest BCUT2D eigenvalue weighted by atomic mass is 16.8. The number of rotatable bonds is 5. The van der Waals surface area contributed by atoms with Crippen molar-refractivity contribution in [2.24, 2.45) is 0 Å². The average molecular weight is 370 g/mol. The Bertz CT molecular complexity index is 1100. The molecule has 0 saturated carbocycles. The van der Waals surface area contributed by atoms with Crippen molar-refractivity contribution in [1.29, 1.82) is 0 Å². The maximum atomic E-state index is 6.13. The molecule has 2 unspecified atom stereocenters. The molecule has 0 amide bonds. The first-order valence-electron chi connectivity index (χ1n) is 9.47. The Morgan fingerprint density at radius 1 is 0.571 bits per heavy atom. The Kier molecular flexibility index (Phi) is 3.54. The molecule has 28 heavy (non-hydrogen) atoms. The normalized spacial score (nSPS) is 20.3. The van der Waals surface area contributed by atoms with Crippen LogP contribution in [0.1, 0.15) is 0 Å². The molecule has 4 aromatic rings. The Labute approximate surface area is 162 Å². The smallest absolute Gasteiger partial charge is 0.223 e. The predicted octanol–water partition coefficient (Wildman–Crippen LogP) is 5.13. The van der Waals surface area contributed by atoms with E-state index in [0.717, 1.165) is 44.2 Å². The number of benzene rings is 4. The average Bonchev–Trinajstić information content (AvgIpc) is 3.65. The molecule has 2 fully saturated rings. The van der Waals surface area contributed by atoms with E-state index in [1.54, 1.807) is 0 Å². The highest BCUT2D eigenvalue weighted by molar-refractivity contribution is 6.09. The van der Waals surface area contributed by atoms with Crippen molar-refractivity contribution >= 4 is 21.5 Å². The molecular weight excluding hydrogens is 352 g/mol. The summed E-state index contributed by atoms with van der Waals surface area (Å²) in [6.07, 6.45) is -0.350. The summed E-state index contributed by atoms with van der Waals surface area (Å²) >= 11 is 0. The lowest BCUT2D eigenvalue weighted by Gasteiger charge is -2.18. The second-order valence-electron chi connectivity index (χ2n) is 7.08. The highest BCUT2D eigenvalue weighted by Crippen LogP contribution is 2.46. The molecule has 138 valence electrons. The van der Waals surface area contributed by atoms with E-state index in [0.29, 0.717) is 13.2 Å². The van der Waals surface area contributed by atoms with E-state index in [4.69, 9.17) is 18.9 Å². The summed E-state index contributed by atoms with van der Waals surface area (Å²) in [5.41, 5.74) is 2.06. The minimum absolute atomic E-state index is 0.175. The SMILES string of the molecule is c1ccc2c(-c3c(OC4CO4)ccc4ccccc34)c(OC3CO3)ccc2c1. The van der Waals surface area contributed by atoms with E-state index in [1.165, 1.54) is 0 Å². The van der Waals surface area contributed by atoms with Gasteiger partial charge in [-0.3, -0.25) is 0 Å². The fraction of sp³-hybridized carbons (Fsp3) is 0.167. The number of hydrogen-bond donors (Lipinski definition) is 0. The lowest BCUT2D eigenvalue weighted by atomic mass is 9.92. The van der Waals surface area contributed by atoms with Crippen molar-refractivity contribution in [1.82, 2.24) is 0 Å². The molecule has 0 aromatic heterocycles. The van der Waals surface area contributed by atoms with Gasteiger partial charge in [0.2, 0.25) is 12.6 Å². The van der Waals surface area contributed by atoms with Gasteiger partial charge >= 0.3 is 0 Å². The molecule has 6 rings (SSSR count). The molecule has 2 saturated heterocycles. The van der Waals surface area contributed by atoms with E-state index in [-0.39, 0.29) is 12.6 Å². The van der Waals surface area contributed by atoms with E-state index >= 15 is 0 Å². The first-order valence-corrected chi connectivity index (χ1v) is 9.47. The van der Waals surface area contributed by atoms with Crippen LogP contribution >= 0.6 is 0 Å². The summed E-state index contributed by atoms with van der Waals surface area (Å²) in [6, 6.07) is 24.9. The molecule has 2 aliphatic rings. The van der Waals surface area contributed by atoms with Gasteiger partial charge in [0.15, 0.2) is 0 Å². The van der Waals surface area contributed by atoms with Crippen molar-refractivity contribution < 1.29 is 18.9 Å². The van der Waals surface area contributed by atoms with Gasteiger partial charge in [-0.15, -0.1) is 0 Å². The molecule has 2 heterocycles. The van der Waals surface area contributed by atoms with Crippen molar-refractivity contribution in [3.63, 3.8) is 0 Å². The number of fused-ring (bicyclic) bond motifs is 2. The van der Waals surface area contributed by atoms with E-state index in [2.05, 4.69) is 60.7 Å². The van der Waals surface area contributed by atoms with E-state index in [9.17, 15) is 0 Å². The van der Waals surface area contributed by atoms with Crippen LogP contribution in [-0.2, 0) is 9.47 Å². The Hall–Kier alpha value is -3.08. The fourth-order valence-corrected chi connectivity index (χ4v) is 3.71. The molecule has 0 radical (unpaired) electrons. The molecule has 2 aliphatic heterocycles. The van der Waals surface area contributed by atoms with Gasteiger partial charge in [0, 0.05) is 11.1 Å². The monoisotopic (exact) mass is 370 g/mol. The minimum atomic E-state index is -0.175. The molecule has 2 atom stereocenters. The number of hydrogen-bond acceptors (Lipinski definition) is 4. The van der Waals surface area contributed by atoms with Crippen molar-refractivity contribution in [2.75, 3.05) is 13.2 Å². The maximum Gasteiger partial charge on any atom is 0.223 e. The fourth-order valence-electron chi connectivity index (χ4n) is 3.71. The van der Waals surface area contributed by atoms with Gasteiger partial charge in [-0.2, -0.15) is 0 Å². The second kappa shape index (κ2) is 6.23. The zero-order valence-electron chi connectivity index (χ0n) is 15.1. The summed E-state index contributed by atoms with van der Waals surface area (Å²) in [4.78, 5) is 0. The van der Waals surface area contributed by atoms with E-state index in [1.807, 2.05) is 12.1 Å². The molecule has 4 aromatic carbocycles. The lowest BCUT2D eigenvalue weighted by molar-refractivity contribution is 0.177. The Morgan fingerprint density at radius 3 is 1.43 bits per heavy atom. The quantitative estimate of drug-likeness (QED) is 0.457. The number of epoxide rings is 2. The van der Waals surface area contributed by atoms with Crippen LogP contribution in [0.15, 0.2) is 72.8 Å². The molecular formula is C24H18O4. The van der Waals surface area contributed by atoms with Crippen LogP contribution < -0.4 is 9.47 Å². The first-order chi connectivity index (χ1) is 13.9. The Morgan fingerprint density at radius 2 is 1.00 bits per heavy atom. The van der Waals surface area contributed by atoms with E-state index < -0.39 is 0 Å². The zero-order valence-corrected chi connectivity index (χ0v) is 15.1. The minimum Gasteiger partial charge on any atom is -0.462 e. The first kappa shape index (κ1) is 15.9. The zero-order chi connectivity index (χ0) is 18.5. The van der Waals surface area contributed by atoms with Crippen molar-refractivity contribution in [2.45, 2.75) is 12.6 Å². The van der Waals surface area contributed by atoms with Crippen LogP contribution in [0.5, 0.6) is 11.5 Å². The van der Waals surface area contributed by atoms with Crippen LogP contribution in [0.3, 0.4) is 0 Å². The molecule has 4 heteroatoms. The lowest BCUT2D eigenvalue weighted by Crippen LogP contribution is -2.03. The van der Waals surface area contributed by atoms with Gasteiger partial charge in [-0.1, -0.05) is 60.7 Å². The van der Waals surface area contributed by atoms with Crippen molar-refractivity contribution in [3.8, 4) is 22.6 Å². The summed E-state index contributed by atoms with van der Waals surface area (Å²) in [5, 5.41) is 4.56. The summed E-state index contributed by atoms with van der Waals surface area (Å²) in [7, 11) is 0. The third-order valence-electron chi connectivity index (χ3n) is 5.15. The molecule has 0 bridgehead atoms. The van der Waals surface area contributed by atoms with Crippen LogP contribution in [0.25, 0.3) is 32.7 Å². The predicted molar refractivity (Wildman–Crippen MR) is 108 cm³/mol. The van der Waals surface area contributed by atoms with Crippen LogP contribution in [-0.4, -0.2) is 25.8 Å². The topological polar surface area (TPSA) is 43.5 Å². The van der Waals surface area contributed by atoms with Gasteiger partial charge in [0.05, 0.1) is 0 Å². The summed E-state index contributed by atoms with van der Waals surface area (Å²) in [5.74, 6) is 1.61. The molecule has 0 spiro atoms. The largest absolute Gasteiger partial charge is 0.462 e. The molecule has 0 aliphatic carbocycles. The van der Waals surface area contributed by atoms with Gasteiger partial charge in [0.1, 0.15) is 24.7 Å². The third-order valence-corrected chi connectivity index (χ3v) is 5.15. The van der Waals surface area contributed by atoms with Crippen molar-refractivity contribution in [3.05, 3.63) is 72.8 Å². The summed E-state index contributed by atoms with van der Waals surface area (Å²) in [6.45, 7) is 1.25. The molecule has 0 N–H and O–H groups in total. The van der Waals surface area contributed by atoms with Gasteiger partial charge in [-0.25, -0.2) is 0 Å². The van der Waals surface area contributed by atoms with Crippen LogP contribution in [0.4, 0.5) is 0 Å². The second-order valence-corrected chi connectivity index (χ2v) is 7.08. The van der Waals surface area contributed by atoms with Gasteiger partial charge in [0.25, 0.3) is 0 Å². The Balaban J connectivity index is 1.69.